The van der Waals surface area contributed by atoms with Crippen LogP contribution in [0.2, 0.25) is 0 Å². The van der Waals surface area contributed by atoms with E-state index in [0.717, 1.165) is 0 Å². The Morgan fingerprint density at radius 3 is 1.11 bits per heavy atom. The van der Waals surface area contributed by atoms with Gasteiger partial charge in [0.1, 0.15) is 5.75 Å². The van der Waals surface area contributed by atoms with Crippen molar-refractivity contribution in [3.05, 3.63) is 143 Å². The molecule has 192 valence electrons. The van der Waals surface area contributed by atoms with Gasteiger partial charge in [0.15, 0.2) is 0 Å². The maximum Gasteiger partial charge on any atom is 0.115 e. The molecule has 0 aromatic heterocycles. The summed E-state index contributed by atoms with van der Waals surface area (Å²) in [5, 5.41) is 13.7. The van der Waals surface area contributed by atoms with Crippen molar-refractivity contribution in [1.82, 2.24) is 0 Å². The number of aromatic hydroxyl groups is 1. The fourth-order valence-corrected chi connectivity index (χ4v) is 7.23. The highest BCUT2D eigenvalue weighted by Crippen LogP contribution is 2.35. The molecule has 5 rings (SSSR count). The quantitative estimate of drug-likeness (QED) is 0.238. The molecule has 0 spiro atoms. The molecule has 0 atom stereocenters. The fourth-order valence-electron chi connectivity index (χ4n) is 4.59. The SMILES string of the molecule is Cc1cc(P(c2ccc(O)cc2)c2cc(C)c(C)c(C)c2)cc(C)c1C.c1ccc(-c2ccccc2)cc1. The third-order valence-corrected chi connectivity index (χ3v) is 9.69. The number of phenolic OH excluding ortho intramolecular Hbond substituents is 1. The van der Waals surface area contributed by atoms with Gasteiger partial charge in [-0.1, -0.05) is 97.1 Å². The third-order valence-electron chi connectivity index (χ3n) is 7.33. The van der Waals surface area contributed by atoms with E-state index < -0.39 is 7.92 Å². The molecule has 38 heavy (non-hydrogen) atoms. The van der Waals surface area contributed by atoms with E-state index in [0.29, 0.717) is 5.75 Å². The molecule has 0 bridgehead atoms. The van der Waals surface area contributed by atoms with Gasteiger partial charge in [0.2, 0.25) is 0 Å². The van der Waals surface area contributed by atoms with E-state index in [1.54, 1.807) is 12.1 Å². The molecule has 5 aromatic rings. The Labute approximate surface area is 229 Å². The Morgan fingerprint density at radius 1 is 0.421 bits per heavy atom. The summed E-state index contributed by atoms with van der Waals surface area (Å²) in [6.45, 7) is 13.2. The molecule has 0 heterocycles. The molecule has 0 radical (unpaired) electrons. The van der Waals surface area contributed by atoms with Crippen LogP contribution in [0.4, 0.5) is 0 Å². The summed E-state index contributed by atoms with van der Waals surface area (Å²) in [7, 11) is -0.659. The summed E-state index contributed by atoms with van der Waals surface area (Å²) < 4.78 is 0. The normalized spacial score (nSPS) is 10.7. The molecule has 5 aromatic carbocycles. The second-order valence-corrected chi connectivity index (χ2v) is 12.2. The lowest BCUT2D eigenvalue weighted by atomic mass is 10.0. The van der Waals surface area contributed by atoms with Crippen LogP contribution in [0, 0.1) is 41.5 Å². The molecule has 0 fully saturated rings. The van der Waals surface area contributed by atoms with E-state index in [9.17, 15) is 5.11 Å². The largest absolute Gasteiger partial charge is 0.508 e. The van der Waals surface area contributed by atoms with Gasteiger partial charge >= 0.3 is 0 Å². The lowest BCUT2D eigenvalue weighted by Gasteiger charge is -2.23. The zero-order valence-corrected chi connectivity index (χ0v) is 24.2. The molecular weight excluding hydrogens is 479 g/mol. The van der Waals surface area contributed by atoms with Crippen molar-refractivity contribution in [3.8, 4) is 16.9 Å². The third kappa shape index (κ3) is 6.42. The average Bonchev–Trinajstić information content (AvgIpc) is 2.93. The number of phenols is 1. The Bertz CT molecular complexity index is 1360. The van der Waals surface area contributed by atoms with Gasteiger partial charge in [0.25, 0.3) is 0 Å². The Hall–Kier alpha value is -3.67. The first-order valence-corrected chi connectivity index (χ1v) is 14.4. The number of benzene rings is 5. The zero-order chi connectivity index (χ0) is 27.2. The lowest BCUT2D eigenvalue weighted by molar-refractivity contribution is 0.475. The molecule has 0 saturated heterocycles. The van der Waals surface area contributed by atoms with Gasteiger partial charge in [-0.15, -0.1) is 0 Å². The highest BCUT2D eigenvalue weighted by molar-refractivity contribution is 7.79. The van der Waals surface area contributed by atoms with Gasteiger partial charge in [0.05, 0.1) is 0 Å². The van der Waals surface area contributed by atoms with E-state index in [4.69, 9.17) is 0 Å². The van der Waals surface area contributed by atoms with Crippen LogP contribution in [0.1, 0.15) is 33.4 Å². The van der Waals surface area contributed by atoms with Crippen LogP contribution in [-0.4, -0.2) is 5.11 Å². The van der Waals surface area contributed by atoms with E-state index in [-0.39, 0.29) is 0 Å². The molecule has 0 saturated carbocycles. The van der Waals surface area contributed by atoms with Crippen molar-refractivity contribution >= 4 is 23.8 Å². The minimum Gasteiger partial charge on any atom is -0.508 e. The van der Waals surface area contributed by atoms with Crippen LogP contribution < -0.4 is 15.9 Å². The molecule has 0 unspecified atom stereocenters. The molecule has 0 aliphatic carbocycles. The van der Waals surface area contributed by atoms with Crippen molar-refractivity contribution in [2.45, 2.75) is 41.5 Å². The van der Waals surface area contributed by atoms with Crippen molar-refractivity contribution in [3.63, 3.8) is 0 Å². The van der Waals surface area contributed by atoms with Gasteiger partial charge in [-0.3, -0.25) is 0 Å². The predicted molar refractivity (Wildman–Crippen MR) is 167 cm³/mol. The Morgan fingerprint density at radius 2 is 0.763 bits per heavy atom. The van der Waals surface area contributed by atoms with Crippen LogP contribution in [0.5, 0.6) is 5.75 Å². The van der Waals surface area contributed by atoms with Gasteiger partial charge in [-0.2, -0.15) is 0 Å². The van der Waals surface area contributed by atoms with Gasteiger partial charge < -0.3 is 5.11 Å². The molecule has 1 N–H and O–H groups in total. The summed E-state index contributed by atoms with van der Waals surface area (Å²) in [6.07, 6.45) is 0. The first-order valence-electron chi connectivity index (χ1n) is 13.1. The average molecular weight is 517 g/mol. The summed E-state index contributed by atoms with van der Waals surface area (Å²) >= 11 is 0. The standard InChI is InChI=1S/C24H27OP.C12H10/c1-15-11-23(12-16(2)19(15)5)26(22-9-7-21(25)8-10-22)24-13-17(3)20(6)18(4)14-24;1-3-7-11(8-4-1)12-9-5-2-6-10-12/h7-14,25H,1-6H3;1-10H. The van der Waals surface area contributed by atoms with E-state index in [2.05, 4.69) is 126 Å². The summed E-state index contributed by atoms with van der Waals surface area (Å²) in [5.74, 6) is 0.316. The number of aryl methyl sites for hydroxylation is 4. The van der Waals surface area contributed by atoms with Crippen molar-refractivity contribution in [2.24, 2.45) is 0 Å². The summed E-state index contributed by atoms with van der Waals surface area (Å²) in [6, 6.07) is 37.9. The minimum atomic E-state index is -0.659. The molecule has 0 amide bonds. The fraction of sp³-hybridized carbons (Fsp3) is 0.167. The van der Waals surface area contributed by atoms with Crippen molar-refractivity contribution < 1.29 is 5.11 Å². The second kappa shape index (κ2) is 12.2. The first kappa shape index (κ1) is 27.4. The van der Waals surface area contributed by atoms with Crippen molar-refractivity contribution in [2.75, 3.05) is 0 Å². The molecular formula is C36H37OP. The number of rotatable bonds is 4. The monoisotopic (exact) mass is 516 g/mol. The first-order chi connectivity index (χ1) is 18.2. The van der Waals surface area contributed by atoms with Gasteiger partial charge in [-0.25, -0.2) is 0 Å². The maximum atomic E-state index is 9.74. The second-order valence-electron chi connectivity index (χ2n) is 9.99. The van der Waals surface area contributed by atoms with E-state index in [1.165, 1.54) is 60.4 Å². The van der Waals surface area contributed by atoms with Crippen LogP contribution >= 0.6 is 7.92 Å². The Kier molecular flexibility index (Phi) is 8.82. The number of hydrogen-bond donors (Lipinski definition) is 1. The van der Waals surface area contributed by atoms with Crippen LogP contribution in [-0.2, 0) is 0 Å². The van der Waals surface area contributed by atoms with Crippen LogP contribution in [0.15, 0.2) is 109 Å². The topological polar surface area (TPSA) is 20.2 Å². The van der Waals surface area contributed by atoms with Crippen LogP contribution in [0.3, 0.4) is 0 Å². The van der Waals surface area contributed by atoms with E-state index >= 15 is 0 Å². The molecule has 1 nitrogen and oxygen atoms in total. The van der Waals surface area contributed by atoms with E-state index in [1.807, 2.05) is 12.1 Å². The van der Waals surface area contributed by atoms with Crippen LogP contribution in [0.25, 0.3) is 11.1 Å². The predicted octanol–water partition coefficient (Wildman–Crippen LogP) is 8.35. The number of hydrogen-bond acceptors (Lipinski definition) is 1. The zero-order valence-electron chi connectivity index (χ0n) is 23.3. The highest BCUT2D eigenvalue weighted by atomic mass is 31.1. The smallest absolute Gasteiger partial charge is 0.115 e. The molecule has 2 heteroatoms. The highest BCUT2D eigenvalue weighted by Gasteiger charge is 2.19. The maximum absolute atomic E-state index is 9.74. The Balaban J connectivity index is 0.000000232. The molecule has 0 aliphatic rings. The van der Waals surface area contributed by atoms with Gasteiger partial charge in [-0.05, 0) is 122 Å². The molecule has 0 aliphatic heterocycles. The summed E-state index contributed by atoms with van der Waals surface area (Å²) in [5.41, 5.74) is 10.6. The van der Waals surface area contributed by atoms with Crippen molar-refractivity contribution in [1.29, 1.82) is 0 Å². The lowest BCUT2D eigenvalue weighted by Crippen LogP contribution is -2.22. The van der Waals surface area contributed by atoms with Gasteiger partial charge in [0, 0.05) is 0 Å². The minimum absolute atomic E-state index is 0.316. The summed E-state index contributed by atoms with van der Waals surface area (Å²) in [4.78, 5) is 0.